The van der Waals surface area contributed by atoms with Crippen LogP contribution in [0.25, 0.3) is 0 Å². The molecule has 1 heterocycles. The smallest absolute Gasteiger partial charge is 0.336 e. The van der Waals surface area contributed by atoms with Crippen molar-refractivity contribution in [3.63, 3.8) is 0 Å². The van der Waals surface area contributed by atoms with Gasteiger partial charge in [0.2, 0.25) is 5.78 Å². The zero-order chi connectivity index (χ0) is 25.2. The first kappa shape index (κ1) is 24.4. The van der Waals surface area contributed by atoms with E-state index in [1.54, 1.807) is 17.2 Å². The summed E-state index contributed by atoms with van der Waals surface area (Å²) in [6.07, 6.45) is 11.3. The lowest BCUT2D eigenvalue weighted by Crippen LogP contribution is -2.59. The van der Waals surface area contributed by atoms with E-state index in [1.165, 1.54) is 0 Å². The fourth-order valence-corrected chi connectivity index (χ4v) is 8.25. The molecule has 7 atom stereocenters. The van der Waals surface area contributed by atoms with Crippen LogP contribution in [0.2, 0.25) is 0 Å². The summed E-state index contributed by atoms with van der Waals surface area (Å²) in [5.74, 6) is -0.289. The van der Waals surface area contributed by atoms with E-state index in [2.05, 4.69) is 6.92 Å². The summed E-state index contributed by atoms with van der Waals surface area (Å²) in [5, 5.41) is 22.8. The van der Waals surface area contributed by atoms with Gasteiger partial charge in [-0.05, 0) is 68.6 Å². The Kier molecular flexibility index (Phi) is 5.87. The van der Waals surface area contributed by atoms with Crippen molar-refractivity contribution < 1.29 is 29.3 Å². The normalized spacial score (nSPS) is 42.4. The van der Waals surface area contributed by atoms with E-state index in [1.807, 2.05) is 26.2 Å². The van der Waals surface area contributed by atoms with Crippen LogP contribution < -0.4 is 0 Å². The van der Waals surface area contributed by atoms with Gasteiger partial charge in [0, 0.05) is 36.9 Å². The van der Waals surface area contributed by atoms with Crippen LogP contribution in [-0.2, 0) is 19.1 Å². The molecule has 1 aliphatic heterocycles. The molecule has 0 aromatic carbocycles. The summed E-state index contributed by atoms with van der Waals surface area (Å²) >= 11 is 0. The Labute approximate surface area is 206 Å². The molecule has 7 heteroatoms. The Morgan fingerprint density at radius 1 is 1.17 bits per heavy atom. The number of esters is 1. The number of ketones is 2. The number of carbonyl (C=O) groups is 3. The lowest BCUT2D eigenvalue weighted by atomic mass is 9.45. The lowest BCUT2D eigenvalue weighted by Gasteiger charge is -2.59. The van der Waals surface area contributed by atoms with Crippen LogP contribution in [0.3, 0.4) is 0 Å². The molecule has 0 amide bonds. The number of Topliss-reactive ketones (excluding diaryl/α,β-unsaturated/α-hetero) is 1. The van der Waals surface area contributed by atoms with Crippen molar-refractivity contribution in [3.8, 4) is 0 Å². The minimum atomic E-state index is -1.53. The largest absolute Gasteiger partial charge is 0.454 e. The highest BCUT2D eigenvalue weighted by atomic mass is 16.5. The summed E-state index contributed by atoms with van der Waals surface area (Å²) in [5.41, 5.74) is -1.00. The highest BCUT2D eigenvalue weighted by Crippen LogP contribution is 2.67. The molecule has 5 rings (SSSR count). The topological polar surface area (TPSA) is 104 Å². The first-order valence-corrected chi connectivity index (χ1v) is 12.9. The van der Waals surface area contributed by atoms with Crippen molar-refractivity contribution in [2.45, 2.75) is 76.9 Å². The maximum atomic E-state index is 13.4. The quantitative estimate of drug-likeness (QED) is 0.592. The van der Waals surface area contributed by atoms with E-state index < -0.39 is 40.9 Å². The van der Waals surface area contributed by atoms with Crippen molar-refractivity contribution in [1.82, 2.24) is 4.90 Å². The molecule has 0 spiro atoms. The maximum Gasteiger partial charge on any atom is 0.336 e. The molecular formula is C28H37NO6. The monoisotopic (exact) mass is 483 g/mol. The van der Waals surface area contributed by atoms with Gasteiger partial charge in [-0.1, -0.05) is 25.5 Å². The number of rotatable bonds is 4. The summed E-state index contributed by atoms with van der Waals surface area (Å²) < 4.78 is 5.36. The second-order valence-electron chi connectivity index (χ2n) is 11.8. The van der Waals surface area contributed by atoms with E-state index >= 15 is 0 Å². The number of ether oxygens (including phenoxy) is 1. The van der Waals surface area contributed by atoms with Crippen LogP contribution in [0.15, 0.2) is 35.7 Å². The molecule has 0 aromatic heterocycles. The molecule has 3 saturated carbocycles. The number of hydrogen-bond donors (Lipinski definition) is 2. The molecule has 7 nitrogen and oxygen atoms in total. The molecule has 4 aliphatic carbocycles. The van der Waals surface area contributed by atoms with Crippen molar-refractivity contribution in [3.05, 3.63) is 35.7 Å². The predicted molar refractivity (Wildman–Crippen MR) is 129 cm³/mol. The highest BCUT2D eigenvalue weighted by molar-refractivity contribution is 5.94. The number of aliphatic hydroxyl groups is 2. The van der Waals surface area contributed by atoms with Crippen LogP contribution in [0.4, 0.5) is 0 Å². The van der Waals surface area contributed by atoms with Gasteiger partial charge in [-0.3, -0.25) is 9.59 Å². The average Bonchev–Trinajstić information content (AvgIpc) is 3.10. The van der Waals surface area contributed by atoms with Gasteiger partial charge in [0.15, 0.2) is 12.4 Å². The number of carbonyl (C=O) groups excluding carboxylic acids is 3. The van der Waals surface area contributed by atoms with Gasteiger partial charge in [0.1, 0.15) is 5.60 Å². The van der Waals surface area contributed by atoms with Gasteiger partial charge in [-0.15, -0.1) is 0 Å². The van der Waals surface area contributed by atoms with Gasteiger partial charge in [0.25, 0.3) is 0 Å². The highest BCUT2D eigenvalue weighted by Gasteiger charge is 2.67. The Morgan fingerprint density at radius 3 is 2.66 bits per heavy atom. The first-order chi connectivity index (χ1) is 16.5. The number of fused-ring (bicyclic) bond motifs is 5. The van der Waals surface area contributed by atoms with Crippen LogP contribution in [0.1, 0.15) is 65.2 Å². The minimum Gasteiger partial charge on any atom is -0.454 e. The summed E-state index contributed by atoms with van der Waals surface area (Å²) in [6, 6.07) is 0. The zero-order valence-electron chi connectivity index (χ0n) is 21.0. The standard InChI is InChI=1S/C28H37NO6/c1-26-10-8-22-20(7-6-18-13-19(30)14-23(31)27(18,22)2)21(26)9-11-28(26,34)24(32)16-35-25(33)17-5-4-12-29(3)15-17/h4,12-13,15,20-23,31,34H,5-11,14,16H2,1-3H3/t20-,21-,22-,23+,26-,27-,28-/m0/s1. The van der Waals surface area contributed by atoms with Crippen molar-refractivity contribution in [2.24, 2.45) is 28.6 Å². The third kappa shape index (κ3) is 3.57. The van der Waals surface area contributed by atoms with Gasteiger partial charge in [-0.2, -0.15) is 0 Å². The zero-order valence-corrected chi connectivity index (χ0v) is 21.0. The van der Waals surface area contributed by atoms with Crippen molar-refractivity contribution >= 4 is 17.5 Å². The molecule has 0 saturated heterocycles. The second-order valence-corrected chi connectivity index (χ2v) is 11.8. The van der Waals surface area contributed by atoms with E-state index in [4.69, 9.17) is 4.74 Å². The number of nitrogens with zero attached hydrogens (tertiary/aromatic N) is 1. The molecule has 3 fully saturated rings. The van der Waals surface area contributed by atoms with Crippen molar-refractivity contribution in [1.29, 1.82) is 0 Å². The Bertz CT molecular complexity index is 1040. The average molecular weight is 484 g/mol. The predicted octanol–water partition coefficient (Wildman–Crippen LogP) is 3.07. The second kappa shape index (κ2) is 8.41. The summed E-state index contributed by atoms with van der Waals surface area (Å²) in [4.78, 5) is 39.7. The first-order valence-electron chi connectivity index (χ1n) is 12.9. The summed E-state index contributed by atoms with van der Waals surface area (Å²) in [7, 11) is 1.82. The Hall–Kier alpha value is -2.25. The Morgan fingerprint density at radius 2 is 1.91 bits per heavy atom. The van der Waals surface area contributed by atoms with Crippen molar-refractivity contribution in [2.75, 3.05) is 13.7 Å². The Balaban J connectivity index is 1.32. The van der Waals surface area contributed by atoms with Crippen LogP contribution in [-0.4, -0.2) is 58.0 Å². The lowest BCUT2D eigenvalue weighted by molar-refractivity contribution is -0.171. The van der Waals surface area contributed by atoms with Gasteiger partial charge in [0.05, 0.1) is 11.7 Å². The molecule has 0 aromatic rings. The molecule has 35 heavy (non-hydrogen) atoms. The summed E-state index contributed by atoms with van der Waals surface area (Å²) in [6.45, 7) is 3.70. The van der Waals surface area contributed by atoms with Gasteiger partial charge >= 0.3 is 5.97 Å². The molecule has 190 valence electrons. The number of hydrogen-bond acceptors (Lipinski definition) is 7. The minimum absolute atomic E-state index is 0.00566. The van der Waals surface area contributed by atoms with Crippen LogP contribution >= 0.6 is 0 Å². The molecule has 0 unspecified atom stereocenters. The molecule has 0 radical (unpaired) electrons. The van der Waals surface area contributed by atoms with Crippen LogP contribution in [0.5, 0.6) is 0 Å². The fourth-order valence-electron chi connectivity index (χ4n) is 8.25. The third-order valence-electron chi connectivity index (χ3n) is 10.3. The fraction of sp³-hybridized carbons (Fsp3) is 0.679. The molecule has 2 N–H and O–H groups in total. The maximum absolute atomic E-state index is 13.4. The molecule has 0 bridgehead atoms. The van der Waals surface area contributed by atoms with Gasteiger partial charge < -0.3 is 19.8 Å². The SMILES string of the molecule is CN1C=CCC(C(=O)OCC(=O)[C@@]2(O)CC[C@H]3[C@@H]4CCC5=CC(=O)C[C@@H](O)[C@]5(C)[C@H]4CC[C@@]32C)=C1. The molecule has 5 aliphatic rings. The third-order valence-corrected chi connectivity index (χ3v) is 10.3. The van der Waals surface area contributed by atoms with Crippen LogP contribution in [0, 0.1) is 28.6 Å². The van der Waals surface area contributed by atoms with E-state index in [0.717, 1.165) is 31.3 Å². The van der Waals surface area contributed by atoms with Gasteiger partial charge in [-0.25, -0.2) is 4.79 Å². The number of allylic oxidation sites excluding steroid dienone is 1. The van der Waals surface area contributed by atoms with E-state index in [0.29, 0.717) is 24.8 Å². The number of aliphatic hydroxyl groups excluding tert-OH is 1. The van der Waals surface area contributed by atoms with E-state index in [-0.39, 0.29) is 30.0 Å². The molecular weight excluding hydrogens is 446 g/mol. The van der Waals surface area contributed by atoms with E-state index in [9.17, 15) is 24.6 Å².